The van der Waals surface area contributed by atoms with E-state index in [2.05, 4.69) is 79.8 Å². The number of aliphatic imine (C=N–C) groups is 10. The molecule has 5 aromatic heterocycles. The molecule has 0 amide bonds. The SMILES string of the molecule is CC.CC1=NCCNCCNCCN=C(C)c2cccc1n2.CC1=NCCOC(c2ccccc2)C(c2ccccc2)OCCN=C(C)c2cccc1n2.CC1=NCCOCCOCCN=C(C)c2cccc1n2.CC1=NCCOCCOCCOCCN=C(C)c2cccc1n2.CC1=Nc2ccccc2OCCOc2ccccc2N=C(C)c2cccc1n2. The molecule has 0 fully saturated rings. The first-order valence-corrected chi connectivity index (χ1v) is 43.4. The smallest absolute Gasteiger partial charge is 0.145 e. The fraction of sp³-hybridized carbons (Fsp3) is 0.404. The van der Waals surface area contributed by atoms with Gasteiger partial charge in [0.1, 0.15) is 48.3 Å². The summed E-state index contributed by atoms with van der Waals surface area (Å²) in [5.41, 5.74) is 21.5. The van der Waals surface area contributed by atoms with Gasteiger partial charge in [-0.1, -0.05) is 129 Å². The van der Waals surface area contributed by atoms with Gasteiger partial charge in [-0.2, -0.15) is 0 Å². The summed E-state index contributed by atoms with van der Waals surface area (Å²) in [6.07, 6.45) is -0.494. The minimum absolute atomic E-state index is 0.247. The van der Waals surface area contributed by atoms with Crippen LogP contribution in [0.1, 0.15) is 163 Å². The number of hydrogen-bond donors (Lipinski definition) is 2. The quantitative estimate of drug-likeness (QED) is 0.163. The molecule has 0 saturated heterocycles. The molecule has 9 aromatic rings. The first-order chi connectivity index (χ1) is 61.2. The van der Waals surface area contributed by atoms with E-state index in [-0.39, 0.29) is 12.2 Å². The van der Waals surface area contributed by atoms with Crippen molar-refractivity contribution in [1.29, 1.82) is 0 Å². The van der Waals surface area contributed by atoms with Crippen molar-refractivity contribution in [3.05, 3.63) is 268 Å². The summed E-state index contributed by atoms with van der Waals surface area (Å²) >= 11 is 0. The van der Waals surface area contributed by atoms with Crippen molar-refractivity contribution in [3.8, 4) is 11.5 Å². The lowest BCUT2D eigenvalue weighted by atomic mass is 9.98. The fourth-order valence-corrected chi connectivity index (χ4v) is 12.8. The average Bonchev–Trinajstić information content (AvgIpc) is 1.65. The normalized spacial score (nSPS) is 17.9. The van der Waals surface area contributed by atoms with Crippen LogP contribution in [-0.4, -0.2) is 253 Å². The Kier molecular flexibility index (Phi) is 44.0. The predicted molar refractivity (Wildman–Crippen MR) is 507 cm³/mol. The summed E-state index contributed by atoms with van der Waals surface area (Å²) in [6.45, 7) is 40.4. The highest BCUT2D eigenvalue weighted by Crippen LogP contribution is 2.36. The maximum absolute atomic E-state index is 6.41. The van der Waals surface area contributed by atoms with Gasteiger partial charge in [0.2, 0.25) is 0 Å². The van der Waals surface area contributed by atoms with E-state index in [4.69, 9.17) is 72.6 Å². The first-order valence-electron chi connectivity index (χ1n) is 43.4. The Balaban J connectivity index is 0.000000178. The molecule has 10 heterocycles. The van der Waals surface area contributed by atoms with Gasteiger partial charge in [-0.3, -0.25) is 39.9 Å². The molecule has 0 spiro atoms. The predicted octanol–water partition coefficient (Wildman–Crippen LogP) is 15.8. The first kappa shape index (κ1) is 97.4. The molecule has 4 aromatic carbocycles. The van der Waals surface area contributed by atoms with Gasteiger partial charge in [0.15, 0.2) is 0 Å². The molecule has 5 aliphatic rings. The van der Waals surface area contributed by atoms with Gasteiger partial charge >= 0.3 is 0 Å². The average molecular weight is 1700 g/mol. The van der Waals surface area contributed by atoms with Crippen LogP contribution < -0.4 is 20.1 Å². The van der Waals surface area contributed by atoms with Crippen LogP contribution in [-0.2, 0) is 33.2 Å². The van der Waals surface area contributed by atoms with Crippen molar-refractivity contribution in [2.24, 2.45) is 49.9 Å². The highest BCUT2D eigenvalue weighted by atomic mass is 16.6. The second-order valence-corrected chi connectivity index (χ2v) is 28.8. The number of ether oxygens (including phenoxy) is 9. The Hall–Kier alpha value is -11.4. The molecule has 125 heavy (non-hydrogen) atoms. The Morgan fingerprint density at radius 3 is 0.736 bits per heavy atom. The molecule has 26 nitrogen and oxygen atoms in total. The molecule has 0 aliphatic carbocycles. The van der Waals surface area contributed by atoms with Crippen molar-refractivity contribution in [3.63, 3.8) is 0 Å². The third-order valence-corrected chi connectivity index (χ3v) is 19.6. The molecule has 10 bridgehead atoms. The number of para-hydroxylation sites is 4. The van der Waals surface area contributed by atoms with Crippen LogP contribution in [0.5, 0.6) is 11.5 Å². The van der Waals surface area contributed by atoms with Crippen LogP contribution in [0, 0.1) is 0 Å². The van der Waals surface area contributed by atoms with Crippen molar-refractivity contribution < 1.29 is 42.6 Å². The van der Waals surface area contributed by atoms with E-state index in [1.54, 1.807) is 0 Å². The van der Waals surface area contributed by atoms with Gasteiger partial charge in [-0.25, -0.2) is 34.9 Å². The summed E-state index contributed by atoms with van der Waals surface area (Å²) in [6, 6.07) is 65.7. The molecule has 0 saturated carbocycles. The largest absolute Gasteiger partial charge is 0.488 e. The van der Waals surface area contributed by atoms with Crippen LogP contribution >= 0.6 is 0 Å². The third-order valence-electron chi connectivity index (χ3n) is 19.6. The number of nitrogens with zero attached hydrogens (tertiary/aromatic N) is 15. The minimum atomic E-state index is -0.247. The number of fused-ring (bicyclic) bond motifs is 12. The number of aromatic nitrogens is 5. The zero-order valence-corrected chi connectivity index (χ0v) is 75.0. The fourth-order valence-electron chi connectivity index (χ4n) is 12.8. The van der Waals surface area contributed by atoms with Gasteiger partial charge in [0.25, 0.3) is 0 Å². The molecular weight excluding hydrogens is 1570 g/mol. The monoisotopic (exact) mass is 1700 g/mol. The van der Waals surface area contributed by atoms with Crippen molar-refractivity contribution in [1.82, 2.24) is 35.6 Å². The van der Waals surface area contributed by atoms with Crippen LogP contribution in [0.2, 0.25) is 0 Å². The summed E-state index contributed by atoms with van der Waals surface area (Å²) in [5.74, 6) is 1.44. The number of rotatable bonds is 2. The molecule has 26 heteroatoms. The molecule has 660 valence electrons. The van der Waals surface area contributed by atoms with Crippen LogP contribution in [0.25, 0.3) is 0 Å². The van der Waals surface area contributed by atoms with E-state index in [1.165, 1.54) is 0 Å². The summed E-state index contributed by atoms with van der Waals surface area (Å²) in [7, 11) is 0. The maximum atomic E-state index is 6.41. The molecule has 5 aliphatic heterocycles. The maximum Gasteiger partial charge on any atom is 0.145 e. The van der Waals surface area contributed by atoms with Gasteiger partial charge in [-0.15, -0.1) is 0 Å². The van der Waals surface area contributed by atoms with Gasteiger partial charge in [0.05, 0.1) is 246 Å². The summed E-state index contributed by atoms with van der Waals surface area (Å²) in [5, 5.41) is 6.73. The van der Waals surface area contributed by atoms with Gasteiger partial charge in [-0.05, 0) is 165 Å². The second kappa shape index (κ2) is 56.4. The van der Waals surface area contributed by atoms with E-state index < -0.39 is 0 Å². The summed E-state index contributed by atoms with van der Waals surface area (Å²) < 4.78 is 51.9. The number of benzene rings is 4. The summed E-state index contributed by atoms with van der Waals surface area (Å²) in [4.78, 5) is 69.4. The van der Waals surface area contributed by atoms with E-state index in [0.717, 1.165) is 187 Å². The molecule has 14 rings (SSSR count). The molecule has 2 N–H and O–H groups in total. The van der Waals surface area contributed by atoms with Gasteiger partial charge < -0.3 is 53.3 Å². The van der Waals surface area contributed by atoms with Crippen molar-refractivity contribution in [2.45, 2.75) is 95.3 Å². The lowest BCUT2D eigenvalue weighted by molar-refractivity contribution is -0.0741. The minimum Gasteiger partial charge on any atom is -0.488 e. The Morgan fingerprint density at radius 1 is 0.224 bits per heavy atom. The third kappa shape index (κ3) is 34.6. The van der Waals surface area contributed by atoms with Crippen LogP contribution in [0.3, 0.4) is 0 Å². The van der Waals surface area contributed by atoms with E-state index in [9.17, 15) is 0 Å². The molecule has 2 unspecified atom stereocenters. The Morgan fingerprint density at radius 2 is 0.456 bits per heavy atom. The molecule has 2 atom stereocenters. The number of nitrogens with one attached hydrogen (secondary N) is 2. The van der Waals surface area contributed by atoms with E-state index in [1.807, 2.05) is 259 Å². The zero-order valence-electron chi connectivity index (χ0n) is 75.0. The highest BCUT2D eigenvalue weighted by Gasteiger charge is 2.27. The van der Waals surface area contributed by atoms with E-state index in [0.29, 0.717) is 132 Å². The van der Waals surface area contributed by atoms with Crippen LogP contribution in [0.4, 0.5) is 11.4 Å². The van der Waals surface area contributed by atoms with Crippen LogP contribution in [0.15, 0.2) is 250 Å². The van der Waals surface area contributed by atoms with Crippen molar-refractivity contribution >= 4 is 68.5 Å². The lowest BCUT2D eigenvalue weighted by Gasteiger charge is -2.28. The Labute approximate surface area is 738 Å². The van der Waals surface area contributed by atoms with E-state index >= 15 is 0 Å². The zero-order chi connectivity index (χ0) is 88.3. The molecular formula is C99H125N17O9. The second-order valence-electron chi connectivity index (χ2n) is 28.8. The molecule has 0 radical (unpaired) electrons. The van der Waals surface area contributed by atoms with Gasteiger partial charge in [0, 0.05) is 26.2 Å². The Bertz CT molecular complexity index is 4690. The lowest BCUT2D eigenvalue weighted by Crippen LogP contribution is -2.30. The highest BCUT2D eigenvalue weighted by molar-refractivity contribution is 6.05. The van der Waals surface area contributed by atoms with Crippen molar-refractivity contribution in [2.75, 3.05) is 171 Å². The topological polar surface area (TPSA) is 295 Å². The number of pyridine rings is 5. The number of hydrogen-bond acceptors (Lipinski definition) is 26. The standard InChI is InChI=1S/C27H29N3O2.C23H21N3O2.C17H25N3O3.C15H23N5.C15H21N3O2.C2H6/c1-20-24-14-9-15-25(30-24)21(2)29-17-19-32-27(23-12-7-4-8-13-23)26(31-18-16-28-20)22-10-5-3-6-11-22;1-16-18-10-7-11-19(26-18)17(2)25-21-9-4-6-13-23(21)28-15-14-27-22-12-5-3-8-20(22)24-16;1-14-16-4-3-5-17(20-16)15(2)19-7-9-22-11-13-23-12-10-21-8-6-18-14;1-12-14-4-3-5-15(20-14)13(2)19-11-9-17-7-6-16-8-10-18-12;1-12-14-4-3-5-15(18-14)13(2)17-7-9-20-11-10-19-8-6-16-12;1-2/h3-15,26-27H,16-19H2,1-2H3;3-13H,14-15H2,1-2H3;3-5H,6-13H2,1-2H3;3-5,16-17H,6-11H2,1-2H3;3-5H,6-11H2,1-2H3;1-2H3.